The maximum atomic E-state index is 13.6. The number of thiazole rings is 1. The molecule has 0 unspecified atom stereocenters. The summed E-state index contributed by atoms with van der Waals surface area (Å²) in [5.41, 5.74) is 2.30. The van der Waals surface area contributed by atoms with E-state index in [9.17, 15) is 9.59 Å². The van der Waals surface area contributed by atoms with Gasteiger partial charge < -0.3 is 14.4 Å². The second-order valence-electron chi connectivity index (χ2n) is 7.06. The van der Waals surface area contributed by atoms with Crippen LogP contribution in [0.25, 0.3) is 10.2 Å². The van der Waals surface area contributed by atoms with Crippen LogP contribution < -0.4 is 9.64 Å². The van der Waals surface area contributed by atoms with Gasteiger partial charge in [-0.05, 0) is 44.8 Å². The van der Waals surface area contributed by atoms with Crippen molar-refractivity contribution < 1.29 is 19.1 Å². The van der Waals surface area contributed by atoms with Crippen molar-refractivity contribution in [1.29, 1.82) is 0 Å². The Kier molecular flexibility index (Phi) is 6.69. The molecule has 0 aliphatic heterocycles. The summed E-state index contributed by atoms with van der Waals surface area (Å²) in [5.74, 6) is -0.185. The van der Waals surface area contributed by atoms with Crippen LogP contribution in [0.3, 0.4) is 0 Å². The lowest BCUT2D eigenvalue weighted by molar-refractivity contribution is 0.0597. The van der Waals surface area contributed by atoms with Gasteiger partial charge in [0, 0.05) is 13.1 Å². The summed E-state index contributed by atoms with van der Waals surface area (Å²) in [6.45, 7) is 3.06. The summed E-state index contributed by atoms with van der Waals surface area (Å²) < 4.78 is 11.3. The molecule has 3 rings (SSSR count). The smallest absolute Gasteiger partial charge is 0.338 e. The van der Waals surface area contributed by atoms with E-state index in [1.54, 1.807) is 36.3 Å². The third kappa shape index (κ3) is 4.29. The Labute approximate surface area is 179 Å². The summed E-state index contributed by atoms with van der Waals surface area (Å²) >= 11 is 1.44. The number of carbonyl (C=O) groups is 2. The number of aryl methyl sites for hydroxylation is 1. The van der Waals surface area contributed by atoms with Crippen molar-refractivity contribution in [3.8, 4) is 5.75 Å². The largest absolute Gasteiger partial charge is 0.494 e. The number of benzene rings is 2. The second kappa shape index (κ2) is 9.23. The Bertz CT molecular complexity index is 1080. The first-order valence-corrected chi connectivity index (χ1v) is 10.3. The Hall–Kier alpha value is -2.97. The normalized spacial score (nSPS) is 11.0. The summed E-state index contributed by atoms with van der Waals surface area (Å²) in [6.07, 6.45) is 0. The van der Waals surface area contributed by atoms with Gasteiger partial charge in [-0.3, -0.25) is 9.69 Å². The number of amides is 1. The van der Waals surface area contributed by atoms with Crippen molar-refractivity contribution in [2.45, 2.75) is 6.92 Å². The van der Waals surface area contributed by atoms with E-state index in [4.69, 9.17) is 14.5 Å². The minimum atomic E-state index is -0.548. The van der Waals surface area contributed by atoms with Gasteiger partial charge in [-0.25, -0.2) is 9.78 Å². The molecule has 0 spiro atoms. The van der Waals surface area contributed by atoms with Crippen LogP contribution in [0.2, 0.25) is 0 Å². The van der Waals surface area contributed by atoms with Crippen LogP contribution in [0.4, 0.5) is 5.13 Å². The molecular weight excluding hydrogens is 402 g/mol. The van der Waals surface area contributed by atoms with Crippen LogP contribution in [0.5, 0.6) is 5.75 Å². The fourth-order valence-electron chi connectivity index (χ4n) is 3.07. The molecule has 1 aromatic heterocycles. The van der Waals surface area contributed by atoms with Crippen LogP contribution in [-0.4, -0.2) is 63.2 Å². The van der Waals surface area contributed by atoms with Crippen molar-refractivity contribution in [2.24, 2.45) is 0 Å². The number of hydrogen-bond acceptors (Lipinski definition) is 7. The molecule has 1 amide bonds. The summed E-state index contributed by atoms with van der Waals surface area (Å²) in [7, 11) is 6.79. The highest BCUT2D eigenvalue weighted by Crippen LogP contribution is 2.37. The minimum Gasteiger partial charge on any atom is -0.494 e. The van der Waals surface area contributed by atoms with E-state index in [-0.39, 0.29) is 17.0 Å². The van der Waals surface area contributed by atoms with Gasteiger partial charge in [0.05, 0.1) is 30.0 Å². The lowest BCUT2D eigenvalue weighted by atomic mass is 10.1. The molecular formula is C22H25N3O4S. The minimum absolute atomic E-state index is 0.231. The summed E-state index contributed by atoms with van der Waals surface area (Å²) in [4.78, 5) is 34.1. The number of aromatic nitrogens is 1. The third-order valence-corrected chi connectivity index (χ3v) is 5.94. The molecule has 0 atom stereocenters. The number of likely N-dealkylation sites (N-methyl/N-ethyl adjacent to an activating group) is 1. The number of ether oxygens (including phenoxy) is 2. The zero-order valence-electron chi connectivity index (χ0n) is 17.8. The highest BCUT2D eigenvalue weighted by molar-refractivity contribution is 7.22. The molecule has 0 saturated heterocycles. The topological polar surface area (TPSA) is 72.0 Å². The lowest BCUT2D eigenvalue weighted by Gasteiger charge is -2.22. The monoisotopic (exact) mass is 427 g/mol. The van der Waals surface area contributed by atoms with Gasteiger partial charge in [-0.2, -0.15) is 0 Å². The van der Waals surface area contributed by atoms with E-state index in [0.29, 0.717) is 24.0 Å². The van der Waals surface area contributed by atoms with Gasteiger partial charge in [0.1, 0.15) is 11.3 Å². The van der Waals surface area contributed by atoms with Crippen molar-refractivity contribution in [3.63, 3.8) is 0 Å². The predicted molar refractivity (Wildman–Crippen MR) is 119 cm³/mol. The maximum absolute atomic E-state index is 13.6. The van der Waals surface area contributed by atoms with E-state index in [1.165, 1.54) is 18.4 Å². The van der Waals surface area contributed by atoms with Crippen LogP contribution in [-0.2, 0) is 4.74 Å². The molecule has 0 saturated carbocycles. The first kappa shape index (κ1) is 21.7. The van der Waals surface area contributed by atoms with E-state index in [0.717, 1.165) is 15.8 Å². The molecule has 0 aliphatic carbocycles. The molecule has 30 heavy (non-hydrogen) atoms. The molecule has 0 N–H and O–H groups in total. The van der Waals surface area contributed by atoms with Crippen molar-refractivity contribution in [3.05, 3.63) is 53.1 Å². The van der Waals surface area contributed by atoms with Gasteiger partial charge in [-0.15, -0.1) is 0 Å². The molecule has 0 aliphatic rings. The van der Waals surface area contributed by atoms with Crippen molar-refractivity contribution in [2.75, 3.05) is 46.3 Å². The number of rotatable bonds is 7. The molecule has 3 aromatic rings. The zero-order chi connectivity index (χ0) is 21.8. The molecule has 0 fully saturated rings. The van der Waals surface area contributed by atoms with E-state index < -0.39 is 5.97 Å². The molecule has 0 bridgehead atoms. The number of hydrogen-bond donors (Lipinski definition) is 0. The van der Waals surface area contributed by atoms with Crippen molar-refractivity contribution in [1.82, 2.24) is 9.88 Å². The maximum Gasteiger partial charge on any atom is 0.338 e. The van der Waals surface area contributed by atoms with Crippen LogP contribution in [0.15, 0.2) is 36.4 Å². The number of carbonyl (C=O) groups excluding carboxylic acids is 2. The number of anilines is 1. The quantitative estimate of drug-likeness (QED) is 0.537. The summed E-state index contributed by atoms with van der Waals surface area (Å²) in [6, 6.07) is 10.5. The van der Waals surface area contributed by atoms with Crippen LogP contribution in [0.1, 0.15) is 26.3 Å². The fourth-order valence-corrected chi connectivity index (χ4v) is 4.14. The molecule has 1 heterocycles. The van der Waals surface area contributed by atoms with Gasteiger partial charge >= 0.3 is 5.97 Å². The third-order valence-electron chi connectivity index (χ3n) is 4.72. The predicted octanol–water partition coefficient (Wildman–Crippen LogP) is 3.61. The van der Waals surface area contributed by atoms with E-state index in [2.05, 4.69) is 0 Å². The van der Waals surface area contributed by atoms with Crippen molar-refractivity contribution >= 4 is 38.6 Å². The highest BCUT2D eigenvalue weighted by Gasteiger charge is 2.26. The first-order valence-electron chi connectivity index (χ1n) is 9.45. The molecule has 0 radical (unpaired) electrons. The molecule has 8 heteroatoms. The number of methoxy groups -OCH3 is 2. The Morgan fingerprint density at radius 1 is 1.03 bits per heavy atom. The lowest BCUT2D eigenvalue weighted by Crippen LogP contribution is -2.37. The second-order valence-corrected chi connectivity index (χ2v) is 8.03. The molecule has 158 valence electrons. The molecule has 7 nitrogen and oxygen atoms in total. The average Bonchev–Trinajstić information content (AvgIpc) is 3.19. The average molecular weight is 428 g/mol. The number of esters is 1. The van der Waals surface area contributed by atoms with E-state index >= 15 is 0 Å². The Morgan fingerprint density at radius 3 is 2.37 bits per heavy atom. The van der Waals surface area contributed by atoms with Gasteiger partial charge in [-0.1, -0.05) is 29.5 Å². The number of nitrogens with zero attached hydrogens (tertiary/aromatic N) is 3. The Balaban J connectivity index is 2.11. The van der Waals surface area contributed by atoms with Crippen LogP contribution >= 0.6 is 11.3 Å². The van der Waals surface area contributed by atoms with Gasteiger partial charge in [0.15, 0.2) is 5.13 Å². The summed E-state index contributed by atoms with van der Waals surface area (Å²) in [5, 5.41) is 0.559. The standard InChI is InChI=1S/C22H25N3O4S/c1-14-10-11-17(28-4)18-19(14)30-22(23-18)25(13-12-24(2)3)20(26)15-8-6-7-9-16(15)21(27)29-5/h6-11H,12-13H2,1-5H3. The number of fused-ring (bicyclic) bond motifs is 1. The Morgan fingerprint density at radius 2 is 1.73 bits per heavy atom. The van der Waals surface area contributed by atoms with E-state index in [1.807, 2.05) is 38.1 Å². The van der Waals surface area contributed by atoms with Gasteiger partial charge in [0.25, 0.3) is 5.91 Å². The molecule has 2 aromatic carbocycles. The first-order chi connectivity index (χ1) is 14.4. The fraction of sp³-hybridized carbons (Fsp3) is 0.318. The SMILES string of the molecule is COC(=O)c1ccccc1C(=O)N(CCN(C)C)c1nc2c(OC)ccc(C)c2s1. The van der Waals surface area contributed by atoms with Crippen LogP contribution in [0, 0.1) is 6.92 Å². The van der Waals surface area contributed by atoms with Gasteiger partial charge in [0.2, 0.25) is 0 Å². The zero-order valence-corrected chi connectivity index (χ0v) is 18.6. The highest BCUT2D eigenvalue weighted by atomic mass is 32.1.